The van der Waals surface area contributed by atoms with Crippen molar-refractivity contribution in [2.24, 2.45) is 0 Å². The van der Waals surface area contributed by atoms with E-state index in [4.69, 9.17) is 27.9 Å². The molecule has 2 aromatic rings. The highest BCUT2D eigenvalue weighted by Gasteiger charge is 2.22. The summed E-state index contributed by atoms with van der Waals surface area (Å²) in [4.78, 5) is 27.3. The molecule has 0 bridgehead atoms. The van der Waals surface area contributed by atoms with Crippen molar-refractivity contribution in [2.45, 2.75) is 20.8 Å². The Morgan fingerprint density at radius 2 is 1.91 bits per heavy atom. The predicted octanol–water partition coefficient (Wildman–Crippen LogP) is 4.37. The molecule has 0 aliphatic heterocycles. The first-order chi connectivity index (χ1) is 10.8. The molecule has 0 atom stereocenters. The van der Waals surface area contributed by atoms with Crippen molar-refractivity contribution < 1.29 is 14.3 Å². The van der Waals surface area contributed by atoms with Crippen molar-refractivity contribution in [3.05, 3.63) is 50.8 Å². The van der Waals surface area contributed by atoms with Crippen molar-refractivity contribution in [2.75, 3.05) is 11.9 Å². The van der Waals surface area contributed by atoms with Gasteiger partial charge in [-0.25, -0.2) is 4.79 Å². The summed E-state index contributed by atoms with van der Waals surface area (Å²) < 4.78 is 5.01. The van der Waals surface area contributed by atoms with Crippen LogP contribution in [-0.4, -0.2) is 23.5 Å². The van der Waals surface area contributed by atoms with Crippen molar-refractivity contribution in [1.82, 2.24) is 4.98 Å². The Bertz CT molecular complexity index is 769. The van der Waals surface area contributed by atoms with Gasteiger partial charge in [-0.05, 0) is 44.5 Å². The van der Waals surface area contributed by atoms with Gasteiger partial charge >= 0.3 is 5.97 Å². The third kappa shape index (κ3) is 3.68. The Balaban J connectivity index is 2.28. The van der Waals surface area contributed by atoms with E-state index in [9.17, 15) is 9.59 Å². The quantitative estimate of drug-likeness (QED) is 0.800. The number of aromatic amines is 1. The van der Waals surface area contributed by atoms with E-state index in [-0.39, 0.29) is 12.5 Å². The Morgan fingerprint density at radius 3 is 2.52 bits per heavy atom. The van der Waals surface area contributed by atoms with Gasteiger partial charge in [0.2, 0.25) is 0 Å². The van der Waals surface area contributed by atoms with Gasteiger partial charge in [-0.15, -0.1) is 0 Å². The normalized spacial score (nSPS) is 10.5. The molecule has 0 saturated carbocycles. The van der Waals surface area contributed by atoms with Crippen LogP contribution in [-0.2, 0) is 4.74 Å². The summed E-state index contributed by atoms with van der Waals surface area (Å²) >= 11 is 11.8. The molecular weight excluding hydrogens is 339 g/mol. The van der Waals surface area contributed by atoms with Crippen LogP contribution in [0.5, 0.6) is 0 Å². The highest BCUT2D eigenvalue weighted by atomic mass is 35.5. The molecule has 5 nitrogen and oxygen atoms in total. The Morgan fingerprint density at radius 1 is 1.22 bits per heavy atom. The number of halogens is 2. The van der Waals surface area contributed by atoms with Crippen LogP contribution in [0.25, 0.3) is 0 Å². The first kappa shape index (κ1) is 17.4. The van der Waals surface area contributed by atoms with Crippen LogP contribution in [0.4, 0.5) is 5.69 Å². The summed E-state index contributed by atoms with van der Waals surface area (Å²) in [5.41, 5.74) is 2.32. The second-order valence-electron chi connectivity index (χ2n) is 4.93. The van der Waals surface area contributed by atoms with E-state index in [0.717, 1.165) is 0 Å². The highest BCUT2D eigenvalue weighted by Crippen LogP contribution is 2.26. The molecule has 1 aromatic heterocycles. The molecule has 2 N–H and O–H groups in total. The number of aryl methyl sites for hydroxylation is 1. The zero-order valence-corrected chi connectivity index (χ0v) is 14.4. The number of carbonyl (C=O) groups is 2. The number of hydrogen-bond acceptors (Lipinski definition) is 3. The number of benzene rings is 1. The summed E-state index contributed by atoms with van der Waals surface area (Å²) in [5, 5.41) is 3.46. The summed E-state index contributed by atoms with van der Waals surface area (Å²) in [7, 11) is 0. The minimum atomic E-state index is -0.452. The molecule has 7 heteroatoms. The number of hydrogen-bond donors (Lipinski definition) is 2. The van der Waals surface area contributed by atoms with Gasteiger partial charge in [-0.2, -0.15) is 0 Å². The molecule has 1 amide bonds. The Hall–Kier alpha value is -1.98. The number of nitrogens with one attached hydrogen (secondary N) is 2. The monoisotopic (exact) mass is 354 g/mol. The fourth-order valence-corrected chi connectivity index (χ4v) is 2.55. The summed E-state index contributed by atoms with van der Waals surface area (Å²) in [6, 6.07) is 4.79. The van der Waals surface area contributed by atoms with E-state index in [1.54, 1.807) is 39.0 Å². The maximum absolute atomic E-state index is 12.4. The van der Waals surface area contributed by atoms with E-state index in [1.807, 2.05) is 0 Å². The highest BCUT2D eigenvalue weighted by molar-refractivity contribution is 6.42. The number of anilines is 1. The van der Waals surface area contributed by atoms with E-state index < -0.39 is 5.97 Å². The molecule has 1 heterocycles. The molecule has 0 aliphatic rings. The average Bonchev–Trinajstić information content (AvgIpc) is 2.78. The average molecular weight is 355 g/mol. The number of ether oxygens (including phenoxy) is 1. The number of aromatic nitrogens is 1. The molecule has 0 radical (unpaired) electrons. The van der Waals surface area contributed by atoms with E-state index in [2.05, 4.69) is 10.3 Å². The van der Waals surface area contributed by atoms with Gasteiger partial charge < -0.3 is 15.0 Å². The SMILES string of the molecule is CCOC(=O)c1c(C)[nH]c(C(=O)Nc2ccc(Cl)c(Cl)c2)c1C. The minimum Gasteiger partial charge on any atom is -0.462 e. The van der Waals surface area contributed by atoms with Crippen molar-refractivity contribution in [1.29, 1.82) is 0 Å². The lowest BCUT2D eigenvalue weighted by molar-refractivity contribution is 0.0525. The molecule has 0 fully saturated rings. The van der Waals surface area contributed by atoms with E-state index in [0.29, 0.717) is 38.2 Å². The van der Waals surface area contributed by atoms with Gasteiger partial charge in [0.15, 0.2) is 0 Å². The molecule has 0 unspecified atom stereocenters. The number of carbonyl (C=O) groups excluding carboxylic acids is 2. The summed E-state index contributed by atoms with van der Waals surface area (Å²) in [6.07, 6.45) is 0. The van der Waals surface area contributed by atoms with Gasteiger partial charge in [0.05, 0.1) is 22.2 Å². The van der Waals surface area contributed by atoms with Gasteiger partial charge in [0.25, 0.3) is 5.91 Å². The predicted molar refractivity (Wildman–Crippen MR) is 90.6 cm³/mol. The topological polar surface area (TPSA) is 71.2 Å². The molecule has 0 aliphatic carbocycles. The van der Waals surface area contributed by atoms with Gasteiger partial charge in [0.1, 0.15) is 5.69 Å². The van der Waals surface area contributed by atoms with E-state index >= 15 is 0 Å². The summed E-state index contributed by atoms with van der Waals surface area (Å²) in [6.45, 7) is 5.41. The molecule has 1 aromatic carbocycles. The smallest absolute Gasteiger partial charge is 0.340 e. The Kier molecular flexibility index (Phi) is 5.34. The zero-order chi connectivity index (χ0) is 17.1. The number of amides is 1. The molecule has 23 heavy (non-hydrogen) atoms. The molecule has 122 valence electrons. The molecule has 0 spiro atoms. The second-order valence-corrected chi connectivity index (χ2v) is 5.74. The van der Waals surface area contributed by atoms with Crippen LogP contribution >= 0.6 is 23.2 Å². The van der Waals surface area contributed by atoms with Gasteiger partial charge in [0, 0.05) is 11.4 Å². The van der Waals surface area contributed by atoms with Crippen LogP contribution in [0.1, 0.15) is 39.0 Å². The Labute approximate surface area is 143 Å². The van der Waals surface area contributed by atoms with Crippen LogP contribution in [0, 0.1) is 13.8 Å². The fraction of sp³-hybridized carbons (Fsp3) is 0.250. The standard InChI is InChI=1S/C16H16Cl2N2O3/c1-4-23-16(22)13-8(2)14(19-9(13)3)15(21)20-10-5-6-11(17)12(18)7-10/h5-7,19H,4H2,1-3H3,(H,20,21). The number of esters is 1. The lowest BCUT2D eigenvalue weighted by Crippen LogP contribution is -2.14. The fourth-order valence-electron chi connectivity index (χ4n) is 2.25. The van der Waals surface area contributed by atoms with Crippen molar-refractivity contribution in [3.8, 4) is 0 Å². The third-order valence-corrected chi connectivity index (χ3v) is 4.06. The molecule has 0 saturated heterocycles. The van der Waals surface area contributed by atoms with Crippen LogP contribution in [0.15, 0.2) is 18.2 Å². The third-order valence-electron chi connectivity index (χ3n) is 3.32. The number of H-pyrrole nitrogens is 1. The maximum Gasteiger partial charge on any atom is 0.340 e. The number of rotatable bonds is 4. The summed E-state index contributed by atoms with van der Waals surface area (Å²) in [5.74, 6) is -0.827. The lowest BCUT2D eigenvalue weighted by Gasteiger charge is -2.06. The lowest BCUT2D eigenvalue weighted by atomic mass is 10.1. The molecular formula is C16H16Cl2N2O3. The second kappa shape index (κ2) is 7.06. The first-order valence-electron chi connectivity index (χ1n) is 6.97. The van der Waals surface area contributed by atoms with Crippen LogP contribution < -0.4 is 5.32 Å². The van der Waals surface area contributed by atoms with Crippen LogP contribution in [0.2, 0.25) is 10.0 Å². The van der Waals surface area contributed by atoms with Crippen molar-refractivity contribution in [3.63, 3.8) is 0 Å². The van der Waals surface area contributed by atoms with Crippen molar-refractivity contribution >= 4 is 40.8 Å². The molecule has 2 rings (SSSR count). The zero-order valence-electron chi connectivity index (χ0n) is 12.9. The largest absolute Gasteiger partial charge is 0.462 e. The van der Waals surface area contributed by atoms with Gasteiger partial charge in [-0.3, -0.25) is 4.79 Å². The minimum absolute atomic E-state index is 0.272. The maximum atomic E-state index is 12.4. The van der Waals surface area contributed by atoms with E-state index in [1.165, 1.54) is 0 Å². The van der Waals surface area contributed by atoms with Crippen LogP contribution in [0.3, 0.4) is 0 Å². The van der Waals surface area contributed by atoms with Gasteiger partial charge in [-0.1, -0.05) is 23.2 Å². The first-order valence-corrected chi connectivity index (χ1v) is 7.73.